The predicted octanol–water partition coefficient (Wildman–Crippen LogP) is 4.10. The topological polar surface area (TPSA) is 9.23 Å². The molecular formula is C13H17ClO. The Morgan fingerprint density at radius 2 is 2.13 bits per heavy atom. The molecule has 1 aromatic carbocycles. The van der Waals surface area contributed by atoms with E-state index in [0.717, 1.165) is 30.2 Å². The summed E-state index contributed by atoms with van der Waals surface area (Å²) < 4.78 is 5.69. The molecule has 82 valence electrons. The van der Waals surface area contributed by atoms with Crippen molar-refractivity contribution in [3.8, 4) is 5.75 Å². The number of fused-ring (bicyclic) bond motifs is 1. The average Bonchev–Trinajstić information content (AvgIpc) is 2.23. The van der Waals surface area contributed by atoms with E-state index in [1.807, 2.05) is 0 Å². The van der Waals surface area contributed by atoms with Crippen LogP contribution in [0.4, 0.5) is 0 Å². The Hall–Kier alpha value is -0.690. The second kappa shape index (κ2) is 4.05. The van der Waals surface area contributed by atoms with E-state index in [4.69, 9.17) is 16.3 Å². The molecule has 0 aromatic heterocycles. The van der Waals surface area contributed by atoms with Crippen LogP contribution in [-0.2, 0) is 6.42 Å². The Morgan fingerprint density at radius 3 is 2.80 bits per heavy atom. The number of hydrogen-bond acceptors (Lipinski definition) is 1. The highest BCUT2D eigenvalue weighted by Crippen LogP contribution is 2.39. The molecule has 0 unspecified atom stereocenters. The van der Waals surface area contributed by atoms with Crippen LogP contribution in [0.1, 0.15) is 42.9 Å². The minimum Gasteiger partial charge on any atom is -0.493 e. The molecule has 0 saturated carbocycles. The highest BCUT2D eigenvalue weighted by molar-refractivity contribution is 6.32. The van der Waals surface area contributed by atoms with Crippen LogP contribution >= 0.6 is 11.6 Å². The molecule has 2 heteroatoms. The third-order valence-electron chi connectivity index (χ3n) is 2.96. The van der Waals surface area contributed by atoms with E-state index in [9.17, 15) is 0 Å². The van der Waals surface area contributed by atoms with E-state index in [1.165, 1.54) is 16.7 Å². The normalized spacial score (nSPS) is 15.0. The van der Waals surface area contributed by atoms with Gasteiger partial charge >= 0.3 is 0 Å². The number of hydrogen-bond donors (Lipinski definition) is 0. The monoisotopic (exact) mass is 224 g/mol. The molecule has 1 aliphatic rings. The fourth-order valence-corrected chi connectivity index (χ4v) is 2.59. The fraction of sp³-hybridized carbons (Fsp3) is 0.538. The van der Waals surface area contributed by atoms with Crippen molar-refractivity contribution in [2.24, 2.45) is 0 Å². The van der Waals surface area contributed by atoms with Crippen molar-refractivity contribution in [2.45, 2.75) is 39.5 Å². The quantitative estimate of drug-likeness (QED) is 0.698. The van der Waals surface area contributed by atoms with Crippen LogP contribution in [0, 0.1) is 6.92 Å². The van der Waals surface area contributed by atoms with Gasteiger partial charge in [-0.05, 0) is 36.8 Å². The molecule has 0 amide bonds. The summed E-state index contributed by atoms with van der Waals surface area (Å²) in [4.78, 5) is 0. The first kappa shape index (κ1) is 10.8. The summed E-state index contributed by atoms with van der Waals surface area (Å²) in [6.07, 6.45) is 2.13. The molecule has 1 aromatic rings. The number of rotatable bonds is 1. The van der Waals surface area contributed by atoms with E-state index >= 15 is 0 Å². The third-order valence-corrected chi connectivity index (χ3v) is 3.41. The van der Waals surface area contributed by atoms with Crippen molar-refractivity contribution >= 4 is 11.6 Å². The molecule has 15 heavy (non-hydrogen) atoms. The van der Waals surface area contributed by atoms with Crippen molar-refractivity contribution in [1.82, 2.24) is 0 Å². The van der Waals surface area contributed by atoms with Gasteiger partial charge < -0.3 is 4.74 Å². The fourth-order valence-electron chi connectivity index (χ4n) is 2.14. The Kier molecular flexibility index (Phi) is 2.92. The molecular weight excluding hydrogens is 208 g/mol. The van der Waals surface area contributed by atoms with Gasteiger partial charge in [-0.25, -0.2) is 0 Å². The SMILES string of the molecule is Cc1cc(C(C)C)c(Cl)c2c1OCCC2. The van der Waals surface area contributed by atoms with E-state index < -0.39 is 0 Å². The van der Waals surface area contributed by atoms with Gasteiger partial charge in [-0.3, -0.25) is 0 Å². The second-order valence-corrected chi connectivity index (χ2v) is 4.89. The maximum atomic E-state index is 6.41. The lowest BCUT2D eigenvalue weighted by Gasteiger charge is -2.23. The zero-order valence-corrected chi connectivity index (χ0v) is 10.3. The average molecular weight is 225 g/mol. The summed E-state index contributed by atoms with van der Waals surface area (Å²) in [6.45, 7) is 7.28. The summed E-state index contributed by atoms with van der Waals surface area (Å²) in [5.41, 5.74) is 3.68. The predicted molar refractivity (Wildman–Crippen MR) is 64.1 cm³/mol. The van der Waals surface area contributed by atoms with Crippen LogP contribution in [0.2, 0.25) is 5.02 Å². The van der Waals surface area contributed by atoms with Gasteiger partial charge in [0.15, 0.2) is 0 Å². The second-order valence-electron chi connectivity index (χ2n) is 4.51. The van der Waals surface area contributed by atoms with Gasteiger partial charge in [0, 0.05) is 5.56 Å². The molecule has 0 radical (unpaired) electrons. The molecule has 0 aliphatic carbocycles. The van der Waals surface area contributed by atoms with Crippen molar-refractivity contribution in [3.05, 3.63) is 27.8 Å². The van der Waals surface area contributed by atoms with Gasteiger partial charge in [-0.1, -0.05) is 31.5 Å². The highest BCUT2D eigenvalue weighted by atomic mass is 35.5. The molecule has 1 aliphatic heterocycles. The number of halogens is 1. The Balaban J connectivity index is 2.59. The van der Waals surface area contributed by atoms with Crippen LogP contribution in [0.25, 0.3) is 0 Å². The molecule has 1 heterocycles. The number of ether oxygens (including phenoxy) is 1. The van der Waals surface area contributed by atoms with Gasteiger partial charge in [-0.2, -0.15) is 0 Å². The molecule has 0 spiro atoms. The molecule has 2 rings (SSSR count). The van der Waals surface area contributed by atoms with Crippen LogP contribution in [0.3, 0.4) is 0 Å². The molecule has 0 fully saturated rings. The van der Waals surface area contributed by atoms with E-state index in [1.54, 1.807) is 0 Å². The van der Waals surface area contributed by atoms with Crippen LogP contribution < -0.4 is 4.74 Å². The van der Waals surface area contributed by atoms with Crippen molar-refractivity contribution in [3.63, 3.8) is 0 Å². The Morgan fingerprint density at radius 1 is 1.40 bits per heavy atom. The summed E-state index contributed by atoms with van der Waals surface area (Å²) in [6, 6.07) is 2.16. The van der Waals surface area contributed by atoms with E-state index in [2.05, 4.69) is 26.8 Å². The summed E-state index contributed by atoms with van der Waals surface area (Å²) >= 11 is 6.41. The van der Waals surface area contributed by atoms with Gasteiger partial charge in [0.2, 0.25) is 0 Å². The van der Waals surface area contributed by atoms with Gasteiger partial charge in [0.25, 0.3) is 0 Å². The first-order valence-electron chi connectivity index (χ1n) is 5.56. The lowest BCUT2D eigenvalue weighted by atomic mass is 9.94. The maximum Gasteiger partial charge on any atom is 0.126 e. The van der Waals surface area contributed by atoms with Gasteiger partial charge in [0.05, 0.1) is 11.6 Å². The summed E-state index contributed by atoms with van der Waals surface area (Å²) in [5.74, 6) is 1.50. The van der Waals surface area contributed by atoms with Crippen LogP contribution in [0.15, 0.2) is 6.07 Å². The van der Waals surface area contributed by atoms with Gasteiger partial charge in [0.1, 0.15) is 5.75 Å². The zero-order chi connectivity index (χ0) is 11.0. The summed E-state index contributed by atoms with van der Waals surface area (Å²) in [7, 11) is 0. The van der Waals surface area contributed by atoms with Crippen LogP contribution in [-0.4, -0.2) is 6.61 Å². The molecule has 1 nitrogen and oxygen atoms in total. The first-order valence-corrected chi connectivity index (χ1v) is 5.93. The number of benzene rings is 1. The van der Waals surface area contributed by atoms with E-state index in [0.29, 0.717) is 5.92 Å². The number of aryl methyl sites for hydroxylation is 1. The molecule has 0 bridgehead atoms. The minimum atomic E-state index is 0.475. The molecule has 0 N–H and O–H groups in total. The zero-order valence-electron chi connectivity index (χ0n) is 9.56. The largest absolute Gasteiger partial charge is 0.493 e. The van der Waals surface area contributed by atoms with Crippen molar-refractivity contribution in [1.29, 1.82) is 0 Å². The summed E-state index contributed by atoms with van der Waals surface area (Å²) in [5, 5.41) is 0.922. The molecule has 0 saturated heterocycles. The lowest BCUT2D eigenvalue weighted by Crippen LogP contribution is -2.11. The van der Waals surface area contributed by atoms with Crippen LogP contribution in [0.5, 0.6) is 5.75 Å². The first-order chi connectivity index (χ1) is 7.11. The smallest absolute Gasteiger partial charge is 0.126 e. The lowest BCUT2D eigenvalue weighted by molar-refractivity contribution is 0.286. The maximum absolute atomic E-state index is 6.41. The standard InChI is InChI=1S/C13H17ClO/c1-8(2)11-7-9(3)13-10(12(11)14)5-4-6-15-13/h7-8H,4-6H2,1-3H3. The minimum absolute atomic E-state index is 0.475. The Bertz CT molecular complexity index is 383. The highest BCUT2D eigenvalue weighted by Gasteiger charge is 2.20. The Labute approximate surface area is 96.4 Å². The van der Waals surface area contributed by atoms with Crippen molar-refractivity contribution < 1.29 is 4.74 Å². The third kappa shape index (κ3) is 1.85. The molecule has 0 atom stereocenters. The van der Waals surface area contributed by atoms with E-state index in [-0.39, 0.29) is 0 Å². The van der Waals surface area contributed by atoms with Gasteiger partial charge in [-0.15, -0.1) is 0 Å². The van der Waals surface area contributed by atoms with Crippen molar-refractivity contribution in [2.75, 3.05) is 6.61 Å².